The Morgan fingerprint density at radius 3 is 2.34 bits per heavy atom. The topological polar surface area (TPSA) is 56.4 Å². The van der Waals surface area contributed by atoms with Crippen molar-refractivity contribution < 1.29 is 14.0 Å². The average molecular weight is 472 g/mol. The number of carbonyl (C=O) groups is 2. The number of aromatic amines is 1. The summed E-state index contributed by atoms with van der Waals surface area (Å²) >= 11 is 0. The van der Waals surface area contributed by atoms with Crippen molar-refractivity contribution in [2.45, 2.75) is 32.9 Å². The van der Waals surface area contributed by atoms with Crippen LogP contribution >= 0.6 is 0 Å². The number of benzene rings is 3. The van der Waals surface area contributed by atoms with Crippen LogP contribution in [0.4, 0.5) is 4.39 Å². The van der Waals surface area contributed by atoms with Crippen LogP contribution in [0.25, 0.3) is 10.9 Å². The van der Waals surface area contributed by atoms with Gasteiger partial charge in [0.05, 0.1) is 5.56 Å². The van der Waals surface area contributed by atoms with Gasteiger partial charge in [-0.3, -0.25) is 9.59 Å². The Labute approximate surface area is 205 Å². The molecule has 2 amide bonds. The van der Waals surface area contributed by atoms with E-state index in [-0.39, 0.29) is 24.1 Å². The molecule has 0 aliphatic heterocycles. The maximum absolute atomic E-state index is 14.3. The van der Waals surface area contributed by atoms with Gasteiger partial charge in [-0.25, -0.2) is 4.39 Å². The zero-order valence-corrected chi connectivity index (χ0v) is 20.1. The van der Waals surface area contributed by atoms with Crippen molar-refractivity contribution in [3.05, 3.63) is 108 Å². The number of nitrogens with one attached hydrogen (secondary N) is 1. The highest BCUT2D eigenvalue weighted by Gasteiger charge is 2.26. The van der Waals surface area contributed by atoms with Gasteiger partial charge in [-0.2, -0.15) is 0 Å². The number of amides is 2. The third-order valence-corrected chi connectivity index (χ3v) is 6.19. The van der Waals surface area contributed by atoms with Crippen molar-refractivity contribution in [2.24, 2.45) is 0 Å². The number of aromatic nitrogens is 1. The number of hydrogen-bond acceptors (Lipinski definition) is 2. The lowest BCUT2D eigenvalue weighted by atomic mass is 10.1. The zero-order valence-electron chi connectivity index (χ0n) is 20.1. The van der Waals surface area contributed by atoms with Crippen molar-refractivity contribution in [1.82, 2.24) is 14.8 Å². The fourth-order valence-electron chi connectivity index (χ4n) is 4.21. The summed E-state index contributed by atoms with van der Waals surface area (Å²) in [6, 6.07) is 23.5. The van der Waals surface area contributed by atoms with Crippen LogP contribution in [-0.2, 0) is 17.8 Å². The number of carbonyl (C=O) groups excluding carboxylic acids is 2. The highest BCUT2D eigenvalue weighted by molar-refractivity contribution is 5.97. The second kappa shape index (κ2) is 11.0. The Hall–Kier alpha value is -3.93. The highest BCUT2D eigenvalue weighted by atomic mass is 19.1. The molecule has 0 fully saturated rings. The summed E-state index contributed by atoms with van der Waals surface area (Å²) in [5.41, 5.74) is 3.18. The molecule has 0 saturated heterocycles. The van der Waals surface area contributed by atoms with Gasteiger partial charge in [0.15, 0.2) is 0 Å². The molecule has 5 nitrogen and oxygen atoms in total. The molecular formula is C29H30FN3O2. The molecular weight excluding hydrogens is 441 g/mol. The Morgan fingerprint density at radius 2 is 1.60 bits per heavy atom. The van der Waals surface area contributed by atoms with Gasteiger partial charge in [0, 0.05) is 36.2 Å². The molecule has 1 N–H and O–H groups in total. The molecule has 1 aromatic heterocycles. The van der Waals surface area contributed by atoms with E-state index < -0.39 is 11.7 Å². The highest BCUT2D eigenvalue weighted by Crippen LogP contribution is 2.19. The fourth-order valence-corrected chi connectivity index (χ4v) is 4.21. The first kappa shape index (κ1) is 24.2. The Balaban J connectivity index is 1.54. The molecule has 0 unspecified atom stereocenters. The van der Waals surface area contributed by atoms with Gasteiger partial charge in [-0.1, -0.05) is 60.7 Å². The van der Waals surface area contributed by atoms with Crippen LogP contribution in [0.1, 0.15) is 35.3 Å². The zero-order chi connectivity index (χ0) is 24.8. The van der Waals surface area contributed by atoms with Crippen LogP contribution in [0.15, 0.2) is 85.1 Å². The van der Waals surface area contributed by atoms with Crippen LogP contribution in [0.2, 0.25) is 0 Å². The lowest BCUT2D eigenvalue weighted by molar-refractivity contribution is -0.132. The molecule has 0 aliphatic carbocycles. The third-order valence-electron chi connectivity index (χ3n) is 6.19. The summed E-state index contributed by atoms with van der Waals surface area (Å²) in [4.78, 5) is 33.2. The lowest BCUT2D eigenvalue weighted by Gasteiger charge is -2.30. The molecule has 180 valence electrons. The van der Waals surface area contributed by atoms with E-state index in [0.717, 1.165) is 22.0 Å². The first-order valence-corrected chi connectivity index (χ1v) is 11.9. The Bertz CT molecular complexity index is 1300. The van der Waals surface area contributed by atoms with E-state index >= 15 is 0 Å². The first-order chi connectivity index (χ1) is 16.9. The lowest BCUT2D eigenvalue weighted by Crippen LogP contribution is -2.46. The molecule has 6 heteroatoms. The summed E-state index contributed by atoms with van der Waals surface area (Å²) in [6.07, 6.45) is 2.66. The van der Waals surface area contributed by atoms with Gasteiger partial charge in [-0.15, -0.1) is 0 Å². The van der Waals surface area contributed by atoms with E-state index in [1.54, 1.807) is 17.0 Å². The van der Waals surface area contributed by atoms with E-state index in [4.69, 9.17) is 0 Å². The van der Waals surface area contributed by atoms with Crippen LogP contribution < -0.4 is 0 Å². The minimum absolute atomic E-state index is 0.0256. The predicted octanol–water partition coefficient (Wildman–Crippen LogP) is 5.43. The fraction of sp³-hybridized carbons (Fsp3) is 0.241. The molecule has 0 spiro atoms. The van der Waals surface area contributed by atoms with Crippen molar-refractivity contribution >= 4 is 22.7 Å². The van der Waals surface area contributed by atoms with Crippen molar-refractivity contribution in [2.75, 3.05) is 13.1 Å². The number of rotatable bonds is 9. The van der Waals surface area contributed by atoms with E-state index in [1.165, 1.54) is 17.0 Å². The van der Waals surface area contributed by atoms with Gasteiger partial charge in [0.2, 0.25) is 5.91 Å². The molecule has 4 aromatic rings. The van der Waals surface area contributed by atoms with Gasteiger partial charge < -0.3 is 14.8 Å². The number of halogens is 1. The number of hydrogen-bond donors (Lipinski definition) is 1. The minimum Gasteiger partial charge on any atom is -0.361 e. The molecule has 1 heterocycles. The van der Waals surface area contributed by atoms with Crippen LogP contribution in [-0.4, -0.2) is 45.7 Å². The predicted molar refractivity (Wildman–Crippen MR) is 136 cm³/mol. The summed E-state index contributed by atoms with van der Waals surface area (Å²) in [5.74, 6) is -1.24. The first-order valence-electron chi connectivity index (χ1n) is 11.9. The van der Waals surface area contributed by atoms with Crippen LogP contribution in [0.5, 0.6) is 0 Å². The molecule has 0 radical (unpaired) electrons. The second-order valence-electron chi connectivity index (χ2n) is 8.92. The largest absolute Gasteiger partial charge is 0.361 e. The second-order valence-corrected chi connectivity index (χ2v) is 8.92. The molecule has 35 heavy (non-hydrogen) atoms. The van der Waals surface area contributed by atoms with Crippen molar-refractivity contribution in [1.29, 1.82) is 0 Å². The van der Waals surface area contributed by atoms with E-state index in [2.05, 4.69) is 11.1 Å². The summed E-state index contributed by atoms with van der Waals surface area (Å²) in [6.45, 7) is 4.47. The summed E-state index contributed by atoms with van der Waals surface area (Å²) in [7, 11) is 0. The maximum Gasteiger partial charge on any atom is 0.257 e. The van der Waals surface area contributed by atoms with Crippen molar-refractivity contribution in [3.63, 3.8) is 0 Å². The normalized spacial score (nSPS) is 11.1. The molecule has 0 bridgehead atoms. The smallest absolute Gasteiger partial charge is 0.257 e. The molecule has 4 rings (SSSR count). The van der Waals surface area contributed by atoms with Crippen LogP contribution in [0.3, 0.4) is 0 Å². The monoisotopic (exact) mass is 471 g/mol. The van der Waals surface area contributed by atoms with Gasteiger partial charge in [0.25, 0.3) is 5.91 Å². The van der Waals surface area contributed by atoms with Gasteiger partial charge in [-0.05, 0) is 49.6 Å². The molecule has 0 aliphatic rings. The Kier molecular flexibility index (Phi) is 7.60. The number of H-pyrrole nitrogens is 1. The van der Waals surface area contributed by atoms with Crippen LogP contribution in [0, 0.1) is 5.82 Å². The summed E-state index contributed by atoms with van der Waals surface area (Å²) < 4.78 is 14.3. The minimum atomic E-state index is -0.587. The van der Waals surface area contributed by atoms with E-state index in [9.17, 15) is 14.0 Å². The molecule has 3 aromatic carbocycles. The standard InChI is InChI=1S/C29H30FN3O2/c1-21(2)33(29(35)25-13-6-8-14-26(25)30)20-28(34)32(19-22-10-4-3-5-11-22)17-16-23-18-31-27-15-9-7-12-24(23)27/h3-15,18,21,31H,16-17,19-20H2,1-2H3. The van der Waals surface area contributed by atoms with Gasteiger partial charge >= 0.3 is 0 Å². The number of fused-ring (bicyclic) bond motifs is 1. The quantitative estimate of drug-likeness (QED) is 0.354. The average Bonchev–Trinajstić information content (AvgIpc) is 3.28. The van der Waals surface area contributed by atoms with Crippen molar-refractivity contribution in [3.8, 4) is 0 Å². The maximum atomic E-state index is 14.3. The summed E-state index contributed by atoms with van der Waals surface area (Å²) in [5, 5.41) is 1.14. The Morgan fingerprint density at radius 1 is 0.914 bits per heavy atom. The number of para-hydroxylation sites is 1. The van der Waals surface area contributed by atoms with Gasteiger partial charge in [0.1, 0.15) is 12.4 Å². The third kappa shape index (κ3) is 5.77. The SMILES string of the molecule is CC(C)N(CC(=O)N(CCc1c[nH]c2ccccc12)Cc1ccccc1)C(=O)c1ccccc1F. The number of nitrogens with zero attached hydrogens (tertiary/aromatic N) is 2. The van der Waals surface area contributed by atoms with E-state index in [1.807, 2.05) is 68.6 Å². The molecule has 0 saturated carbocycles. The molecule has 0 atom stereocenters. The van der Waals surface area contributed by atoms with E-state index in [0.29, 0.717) is 19.5 Å².